The Bertz CT molecular complexity index is 676. The zero-order valence-electron chi connectivity index (χ0n) is 13.6. The molecule has 0 aliphatic carbocycles. The second kappa shape index (κ2) is 8.71. The molecule has 1 aliphatic rings. The Morgan fingerprint density at radius 2 is 2.17 bits per heavy atom. The molecule has 1 saturated heterocycles. The Hall–Kier alpha value is -2.04. The van der Waals surface area contributed by atoms with Gasteiger partial charge < -0.3 is 19.5 Å². The third-order valence-electron chi connectivity index (χ3n) is 3.68. The maximum atomic E-state index is 12.2. The molecule has 2 rings (SSSR count). The third kappa shape index (κ3) is 4.49. The van der Waals surface area contributed by atoms with Gasteiger partial charge in [-0.25, -0.2) is 0 Å². The van der Waals surface area contributed by atoms with Crippen LogP contribution in [0.3, 0.4) is 0 Å². The van der Waals surface area contributed by atoms with Gasteiger partial charge in [-0.15, -0.1) is 0 Å². The van der Waals surface area contributed by atoms with Crippen molar-refractivity contribution in [2.45, 2.75) is 18.9 Å². The molecule has 1 fully saturated rings. The zero-order chi connectivity index (χ0) is 17.5. The van der Waals surface area contributed by atoms with Crippen molar-refractivity contribution in [1.82, 2.24) is 5.32 Å². The Labute approximate surface area is 149 Å². The molecule has 128 valence electrons. The number of benzene rings is 1. The first kappa shape index (κ1) is 18.3. The summed E-state index contributed by atoms with van der Waals surface area (Å²) in [7, 11) is 3.07. The van der Waals surface area contributed by atoms with Crippen molar-refractivity contribution in [3.05, 3.63) is 27.7 Å². The fourth-order valence-electron chi connectivity index (χ4n) is 2.39. The second-order valence-electron chi connectivity index (χ2n) is 5.24. The quantitative estimate of drug-likeness (QED) is 0.592. The molecule has 6 nitrogen and oxygen atoms in total. The monoisotopic (exact) mass is 394 g/mol. The Morgan fingerprint density at radius 3 is 2.75 bits per heavy atom. The maximum absolute atomic E-state index is 12.2. The Kier molecular flexibility index (Phi) is 6.64. The number of nitrogens with one attached hydrogen (secondary N) is 1. The van der Waals surface area contributed by atoms with Gasteiger partial charge in [0.2, 0.25) is 0 Å². The number of hydrogen-bond donors (Lipinski definition) is 1. The van der Waals surface area contributed by atoms with Gasteiger partial charge in [0.1, 0.15) is 11.6 Å². The van der Waals surface area contributed by atoms with Gasteiger partial charge in [0, 0.05) is 17.6 Å². The molecule has 0 saturated carbocycles. The van der Waals surface area contributed by atoms with E-state index in [1.807, 2.05) is 6.07 Å². The number of carbonyl (C=O) groups is 1. The molecular formula is C17H19BrN2O4. The Balaban J connectivity index is 2.16. The molecule has 1 aliphatic heterocycles. The standard InChI is InChI=1S/C17H19BrN2O4/c1-22-15-7-11(14(18)8-16(15)23-2)6-12(9-19)17(21)20-10-13-4-3-5-24-13/h6-8,13H,3-5,10H2,1-2H3,(H,20,21)/b12-6+. The van der Waals surface area contributed by atoms with E-state index < -0.39 is 5.91 Å². The SMILES string of the molecule is COc1cc(Br)c(/C=C(\C#N)C(=O)NCC2CCCO2)cc1OC. The number of ether oxygens (including phenoxy) is 3. The third-order valence-corrected chi connectivity index (χ3v) is 4.37. The van der Waals surface area contributed by atoms with Gasteiger partial charge in [-0.05, 0) is 36.6 Å². The number of halogens is 1. The van der Waals surface area contributed by atoms with Gasteiger partial charge in [0.05, 0.1) is 20.3 Å². The minimum Gasteiger partial charge on any atom is -0.493 e. The van der Waals surface area contributed by atoms with Crippen molar-refractivity contribution in [1.29, 1.82) is 5.26 Å². The summed E-state index contributed by atoms with van der Waals surface area (Å²) in [4.78, 5) is 12.2. The van der Waals surface area contributed by atoms with Gasteiger partial charge in [0.15, 0.2) is 11.5 Å². The average molecular weight is 395 g/mol. The van der Waals surface area contributed by atoms with Gasteiger partial charge in [-0.3, -0.25) is 4.79 Å². The average Bonchev–Trinajstić information content (AvgIpc) is 3.11. The van der Waals surface area contributed by atoms with Crippen LogP contribution in [-0.4, -0.2) is 39.4 Å². The van der Waals surface area contributed by atoms with E-state index >= 15 is 0 Å². The summed E-state index contributed by atoms with van der Waals surface area (Å²) in [6, 6.07) is 5.36. The van der Waals surface area contributed by atoms with Crippen LogP contribution in [0.5, 0.6) is 11.5 Å². The molecule has 1 amide bonds. The second-order valence-corrected chi connectivity index (χ2v) is 6.10. The summed E-state index contributed by atoms with van der Waals surface area (Å²) in [6.45, 7) is 1.13. The van der Waals surface area contributed by atoms with E-state index in [0.29, 0.717) is 28.1 Å². The summed E-state index contributed by atoms with van der Waals surface area (Å²) in [6.07, 6.45) is 3.46. The van der Waals surface area contributed by atoms with E-state index in [-0.39, 0.29) is 11.7 Å². The largest absolute Gasteiger partial charge is 0.493 e. The van der Waals surface area contributed by atoms with Gasteiger partial charge >= 0.3 is 0 Å². The zero-order valence-corrected chi connectivity index (χ0v) is 15.2. The number of nitrogens with zero attached hydrogens (tertiary/aromatic N) is 1. The van der Waals surface area contributed by atoms with E-state index in [9.17, 15) is 10.1 Å². The molecule has 1 atom stereocenters. The van der Waals surface area contributed by atoms with Gasteiger partial charge in [-0.2, -0.15) is 5.26 Å². The molecule has 24 heavy (non-hydrogen) atoms. The normalized spacial score (nSPS) is 17.2. The summed E-state index contributed by atoms with van der Waals surface area (Å²) >= 11 is 3.41. The molecule has 1 aromatic carbocycles. The number of amides is 1. The highest BCUT2D eigenvalue weighted by molar-refractivity contribution is 9.10. The summed E-state index contributed by atoms with van der Waals surface area (Å²) in [5.41, 5.74) is 0.664. The van der Waals surface area contributed by atoms with Crippen molar-refractivity contribution in [2.24, 2.45) is 0 Å². The van der Waals surface area contributed by atoms with Crippen LogP contribution in [0.4, 0.5) is 0 Å². The van der Waals surface area contributed by atoms with Crippen LogP contribution in [-0.2, 0) is 9.53 Å². The maximum Gasteiger partial charge on any atom is 0.262 e. The lowest BCUT2D eigenvalue weighted by atomic mass is 10.1. The number of methoxy groups -OCH3 is 2. The topological polar surface area (TPSA) is 80.6 Å². The van der Waals surface area contributed by atoms with E-state index in [0.717, 1.165) is 19.4 Å². The van der Waals surface area contributed by atoms with Crippen LogP contribution >= 0.6 is 15.9 Å². The summed E-state index contributed by atoms with van der Waals surface area (Å²) in [5.74, 6) is 0.654. The highest BCUT2D eigenvalue weighted by Gasteiger charge is 2.18. The van der Waals surface area contributed by atoms with Crippen molar-refractivity contribution in [3.8, 4) is 17.6 Å². The molecule has 1 heterocycles. The minimum atomic E-state index is -0.422. The molecular weight excluding hydrogens is 376 g/mol. The van der Waals surface area contributed by atoms with Crippen LogP contribution in [0.15, 0.2) is 22.2 Å². The Morgan fingerprint density at radius 1 is 1.46 bits per heavy atom. The van der Waals surface area contributed by atoms with E-state index in [1.165, 1.54) is 13.2 Å². The number of nitriles is 1. The molecule has 7 heteroatoms. The van der Waals surface area contributed by atoms with Gasteiger partial charge in [0.25, 0.3) is 5.91 Å². The molecule has 0 radical (unpaired) electrons. The van der Waals surface area contributed by atoms with E-state index in [2.05, 4.69) is 21.2 Å². The van der Waals surface area contributed by atoms with E-state index in [1.54, 1.807) is 19.2 Å². The minimum absolute atomic E-state index is 0.0147. The first-order valence-corrected chi connectivity index (χ1v) is 8.31. The van der Waals surface area contributed by atoms with Gasteiger partial charge in [-0.1, -0.05) is 15.9 Å². The smallest absolute Gasteiger partial charge is 0.262 e. The number of hydrogen-bond acceptors (Lipinski definition) is 5. The van der Waals surface area contributed by atoms with Crippen LogP contribution in [0, 0.1) is 11.3 Å². The lowest BCUT2D eigenvalue weighted by Gasteiger charge is -2.11. The van der Waals surface area contributed by atoms with Crippen LogP contribution in [0.1, 0.15) is 18.4 Å². The first-order valence-electron chi connectivity index (χ1n) is 7.52. The molecule has 0 spiro atoms. The lowest BCUT2D eigenvalue weighted by molar-refractivity contribution is -0.117. The number of rotatable bonds is 6. The predicted molar refractivity (Wildman–Crippen MR) is 92.8 cm³/mol. The van der Waals surface area contributed by atoms with Crippen molar-refractivity contribution in [2.75, 3.05) is 27.4 Å². The molecule has 0 aromatic heterocycles. The predicted octanol–water partition coefficient (Wildman–Crippen LogP) is 2.67. The first-order chi connectivity index (χ1) is 11.6. The van der Waals surface area contributed by atoms with Crippen LogP contribution in [0.2, 0.25) is 0 Å². The fraction of sp³-hybridized carbons (Fsp3) is 0.412. The highest BCUT2D eigenvalue weighted by atomic mass is 79.9. The summed E-state index contributed by atoms with van der Waals surface area (Å²) < 4.78 is 16.6. The fourth-order valence-corrected chi connectivity index (χ4v) is 2.83. The highest BCUT2D eigenvalue weighted by Crippen LogP contribution is 2.34. The van der Waals surface area contributed by atoms with Crippen molar-refractivity contribution in [3.63, 3.8) is 0 Å². The van der Waals surface area contributed by atoms with E-state index in [4.69, 9.17) is 14.2 Å². The molecule has 0 bridgehead atoms. The van der Waals surface area contributed by atoms with Crippen molar-refractivity contribution < 1.29 is 19.0 Å². The van der Waals surface area contributed by atoms with Crippen LogP contribution in [0.25, 0.3) is 6.08 Å². The summed E-state index contributed by atoms with van der Waals surface area (Å²) in [5, 5.41) is 12.0. The van der Waals surface area contributed by atoms with Crippen LogP contribution < -0.4 is 14.8 Å². The molecule has 1 aromatic rings. The molecule has 1 unspecified atom stereocenters. The number of carbonyl (C=O) groups excluding carboxylic acids is 1. The molecule has 1 N–H and O–H groups in total. The lowest BCUT2D eigenvalue weighted by Crippen LogP contribution is -2.32. The van der Waals surface area contributed by atoms with Crippen molar-refractivity contribution >= 4 is 27.9 Å².